The number of benzene rings is 1. The molecule has 110 valence electrons. The summed E-state index contributed by atoms with van der Waals surface area (Å²) in [5, 5.41) is 8.35. The number of nitrogens with one attached hydrogen (secondary N) is 3. The molecule has 0 radical (unpaired) electrons. The van der Waals surface area contributed by atoms with E-state index in [1.54, 1.807) is 0 Å². The van der Waals surface area contributed by atoms with E-state index in [0.717, 1.165) is 11.3 Å². The summed E-state index contributed by atoms with van der Waals surface area (Å²) in [6.07, 6.45) is 0. The molecule has 0 unspecified atom stereocenters. The van der Waals surface area contributed by atoms with Gasteiger partial charge in [0.2, 0.25) is 11.8 Å². The lowest BCUT2D eigenvalue weighted by molar-refractivity contribution is -0.120. The van der Waals surface area contributed by atoms with Gasteiger partial charge in [0.05, 0.1) is 13.1 Å². The molecule has 3 N–H and O–H groups in total. The van der Waals surface area contributed by atoms with Gasteiger partial charge in [0.25, 0.3) is 0 Å². The molecule has 0 aliphatic carbocycles. The SMILES string of the molecule is Cc1ccc(NC(=O)CNCC(=O)NCC(C)C)cc1. The molecule has 0 atom stereocenters. The van der Waals surface area contributed by atoms with Crippen molar-refractivity contribution in [3.8, 4) is 0 Å². The highest BCUT2D eigenvalue weighted by atomic mass is 16.2. The molecule has 0 heterocycles. The van der Waals surface area contributed by atoms with Gasteiger partial charge in [-0.15, -0.1) is 0 Å². The fourth-order valence-corrected chi connectivity index (χ4v) is 1.51. The minimum absolute atomic E-state index is 0.0955. The van der Waals surface area contributed by atoms with Crippen LogP contribution in [0.2, 0.25) is 0 Å². The Labute approximate surface area is 120 Å². The lowest BCUT2D eigenvalue weighted by atomic mass is 10.2. The Morgan fingerprint density at radius 1 is 1.05 bits per heavy atom. The quantitative estimate of drug-likeness (QED) is 0.703. The van der Waals surface area contributed by atoms with E-state index in [4.69, 9.17) is 0 Å². The Balaban J connectivity index is 2.20. The third-order valence-electron chi connectivity index (χ3n) is 2.61. The van der Waals surface area contributed by atoms with Crippen LogP contribution in [0.4, 0.5) is 5.69 Å². The Morgan fingerprint density at radius 2 is 1.65 bits per heavy atom. The van der Waals surface area contributed by atoms with Crippen LogP contribution < -0.4 is 16.0 Å². The van der Waals surface area contributed by atoms with Crippen molar-refractivity contribution >= 4 is 17.5 Å². The topological polar surface area (TPSA) is 70.2 Å². The summed E-state index contributed by atoms with van der Waals surface area (Å²) in [5.74, 6) is 0.163. The van der Waals surface area contributed by atoms with Gasteiger partial charge in [-0.25, -0.2) is 0 Å². The predicted octanol–water partition coefficient (Wildman–Crippen LogP) is 1.30. The monoisotopic (exact) mass is 277 g/mol. The standard InChI is InChI=1S/C15H23N3O2/c1-11(2)8-17-14(19)9-16-10-15(20)18-13-6-4-12(3)5-7-13/h4-7,11,16H,8-10H2,1-3H3,(H,17,19)(H,18,20). The van der Waals surface area contributed by atoms with E-state index in [0.29, 0.717) is 12.5 Å². The van der Waals surface area contributed by atoms with Gasteiger partial charge in [0, 0.05) is 12.2 Å². The van der Waals surface area contributed by atoms with Gasteiger partial charge in [-0.1, -0.05) is 31.5 Å². The van der Waals surface area contributed by atoms with Crippen molar-refractivity contribution < 1.29 is 9.59 Å². The number of hydrogen-bond donors (Lipinski definition) is 3. The van der Waals surface area contributed by atoms with Gasteiger partial charge in [0.15, 0.2) is 0 Å². The Kier molecular flexibility index (Phi) is 6.73. The molecule has 0 bridgehead atoms. The molecule has 2 amide bonds. The van der Waals surface area contributed by atoms with Crippen LogP contribution in [0.5, 0.6) is 0 Å². The summed E-state index contributed by atoms with van der Waals surface area (Å²) >= 11 is 0. The van der Waals surface area contributed by atoms with Crippen LogP contribution in [0.3, 0.4) is 0 Å². The molecule has 0 aliphatic rings. The summed E-state index contributed by atoms with van der Waals surface area (Å²) in [5.41, 5.74) is 1.90. The van der Waals surface area contributed by atoms with Crippen molar-refractivity contribution in [1.29, 1.82) is 0 Å². The number of rotatable bonds is 7. The summed E-state index contributed by atoms with van der Waals surface area (Å²) in [6, 6.07) is 7.57. The first kappa shape index (κ1) is 16.2. The highest BCUT2D eigenvalue weighted by Crippen LogP contribution is 2.07. The molecule has 1 rings (SSSR count). The average Bonchev–Trinajstić information content (AvgIpc) is 2.39. The molecule has 5 nitrogen and oxygen atoms in total. The molecule has 0 fully saturated rings. The summed E-state index contributed by atoms with van der Waals surface area (Å²) in [7, 11) is 0. The van der Waals surface area contributed by atoms with Crippen molar-refractivity contribution in [2.75, 3.05) is 25.0 Å². The van der Waals surface area contributed by atoms with E-state index >= 15 is 0 Å². The fraction of sp³-hybridized carbons (Fsp3) is 0.467. The second kappa shape index (κ2) is 8.32. The third kappa shape index (κ3) is 6.89. The molecule has 1 aromatic rings. The summed E-state index contributed by atoms with van der Waals surface area (Å²) < 4.78 is 0. The predicted molar refractivity (Wildman–Crippen MR) is 80.5 cm³/mol. The molecular weight excluding hydrogens is 254 g/mol. The van der Waals surface area contributed by atoms with Crippen molar-refractivity contribution in [1.82, 2.24) is 10.6 Å². The molecule has 0 saturated heterocycles. The Bertz CT molecular complexity index is 441. The minimum atomic E-state index is -0.162. The van der Waals surface area contributed by atoms with Crippen LogP contribution in [-0.4, -0.2) is 31.4 Å². The van der Waals surface area contributed by atoms with Gasteiger partial charge in [0.1, 0.15) is 0 Å². The normalized spacial score (nSPS) is 10.4. The maximum Gasteiger partial charge on any atom is 0.238 e. The number of anilines is 1. The van der Waals surface area contributed by atoms with Gasteiger partial charge >= 0.3 is 0 Å². The van der Waals surface area contributed by atoms with Crippen LogP contribution in [0, 0.1) is 12.8 Å². The second-order valence-corrected chi connectivity index (χ2v) is 5.22. The van der Waals surface area contributed by atoms with Crippen molar-refractivity contribution in [2.24, 2.45) is 5.92 Å². The molecule has 20 heavy (non-hydrogen) atoms. The lowest BCUT2D eigenvalue weighted by Crippen LogP contribution is -2.38. The lowest BCUT2D eigenvalue weighted by Gasteiger charge is -2.09. The summed E-state index contributed by atoms with van der Waals surface area (Å²) in [6.45, 7) is 6.96. The molecule has 0 aromatic heterocycles. The largest absolute Gasteiger partial charge is 0.355 e. The zero-order chi connectivity index (χ0) is 15.0. The van der Waals surface area contributed by atoms with E-state index in [-0.39, 0.29) is 24.9 Å². The number of hydrogen-bond acceptors (Lipinski definition) is 3. The average molecular weight is 277 g/mol. The molecule has 0 spiro atoms. The number of carbonyl (C=O) groups excluding carboxylic acids is 2. The molecular formula is C15H23N3O2. The van der Waals surface area contributed by atoms with Crippen molar-refractivity contribution in [3.05, 3.63) is 29.8 Å². The van der Waals surface area contributed by atoms with Crippen molar-refractivity contribution in [2.45, 2.75) is 20.8 Å². The van der Waals surface area contributed by atoms with Crippen LogP contribution in [0.15, 0.2) is 24.3 Å². The molecule has 1 aromatic carbocycles. The minimum Gasteiger partial charge on any atom is -0.355 e. The van der Waals surface area contributed by atoms with E-state index in [9.17, 15) is 9.59 Å². The number of amides is 2. The first-order chi connectivity index (χ1) is 9.47. The van der Waals surface area contributed by atoms with Crippen molar-refractivity contribution in [3.63, 3.8) is 0 Å². The number of aryl methyl sites for hydroxylation is 1. The maximum atomic E-state index is 11.6. The van der Waals surface area contributed by atoms with Gasteiger partial charge in [-0.2, -0.15) is 0 Å². The van der Waals surface area contributed by atoms with E-state index < -0.39 is 0 Å². The zero-order valence-corrected chi connectivity index (χ0v) is 12.3. The summed E-state index contributed by atoms with van der Waals surface area (Å²) in [4.78, 5) is 23.1. The third-order valence-corrected chi connectivity index (χ3v) is 2.61. The highest BCUT2D eigenvalue weighted by Gasteiger charge is 2.05. The second-order valence-electron chi connectivity index (χ2n) is 5.22. The van der Waals surface area contributed by atoms with E-state index in [1.165, 1.54) is 0 Å². The van der Waals surface area contributed by atoms with Gasteiger partial charge in [-0.05, 0) is 25.0 Å². The number of carbonyl (C=O) groups is 2. The van der Waals surface area contributed by atoms with E-state index in [2.05, 4.69) is 16.0 Å². The molecule has 0 aliphatic heterocycles. The maximum absolute atomic E-state index is 11.6. The van der Waals surface area contributed by atoms with Crippen LogP contribution in [0.25, 0.3) is 0 Å². The van der Waals surface area contributed by atoms with E-state index in [1.807, 2.05) is 45.0 Å². The Hall–Kier alpha value is -1.88. The zero-order valence-electron chi connectivity index (χ0n) is 12.3. The molecule has 0 saturated carbocycles. The fourth-order valence-electron chi connectivity index (χ4n) is 1.51. The highest BCUT2D eigenvalue weighted by molar-refractivity contribution is 5.92. The molecule has 5 heteroatoms. The smallest absolute Gasteiger partial charge is 0.238 e. The van der Waals surface area contributed by atoms with Gasteiger partial charge < -0.3 is 10.6 Å². The van der Waals surface area contributed by atoms with Crippen LogP contribution in [-0.2, 0) is 9.59 Å². The first-order valence-electron chi connectivity index (χ1n) is 6.81. The Morgan fingerprint density at radius 3 is 2.25 bits per heavy atom. The van der Waals surface area contributed by atoms with Crippen LogP contribution in [0.1, 0.15) is 19.4 Å². The van der Waals surface area contributed by atoms with Crippen LogP contribution >= 0.6 is 0 Å². The van der Waals surface area contributed by atoms with Gasteiger partial charge in [-0.3, -0.25) is 14.9 Å². The first-order valence-corrected chi connectivity index (χ1v) is 6.81.